The first-order chi connectivity index (χ1) is 6.97. The van der Waals surface area contributed by atoms with E-state index in [4.69, 9.17) is 10.8 Å². The molecule has 0 aliphatic carbocycles. The van der Waals surface area contributed by atoms with Crippen molar-refractivity contribution in [2.45, 2.75) is 25.8 Å². The van der Waals surface area contributed by atoms with E-state index in [1.165, 1.54) is 6.07 Å². The van der Waals surface area contributed by atoms with E-state index in [0.717, 1.165) is 6.07 Å². The number of aliphatic hydroxyl groups is 1. The molecule has 84 valence electrons. The van der Waals surface area contributed by atoms with Gasteiger partial charge in [0, 0.05) is 5.56 Å². The fourth-order valence-corrected chi connectivity index (χ4v) is 1.33. The van der Waals surface area contributed by atoms with Gasteiger partial charge in [-0.1, -0.05) is 19.9 Å². The monoisotopic (exact) mass is 215 g/mol. The van der Waals surface area contributed by atoms with Crippen LogP contribution in [0.2, 0.25) is 0 Å². The zero-order valence-electron chi connectivity index (χ0n) is 8.80. The number of hydrogen-bond donors (Lipinski definition) is 2. The number of benzene rings is 1. The SMILES string of the molecule is CC(C)c1cc(F)c(F)c(C(N)CO)c1. The molecule has 0 bridgehead atoms. The maximum Gasteiger partial charge on any atom is 0.163 e. The van der Waals surface area contributed by atoms with Gasteiger partial charge in [0.25, 0.3) is 0 Å². The Bertz CT molecular complexity index is 353. The quantitative estimate of drug-likeness (QED) is 0.810. The number of aliphatic hydroxyl groups excluding tert-OH is 1. The molecule has 0 saturated carbocycles. The third-order valence-corrected chi connectivity index (χ3v) is 2.34. The summed E-state index contributed by atoms with van der Waals surface area (Å²) < 4.78 is 26.5. The average molecular weight is 215 g/mol. The van der Waals surface area contributed by atoms with Gasteiger partial charge in [-0.3, -0.25) is 0 Å². The van der Waals surface area contributed by atoms with Crippen molar-refractivity contribution in [2.24, 2.45) is 5.73 Å². The van der Waals surface area contributed by atoms with Crippen molar-refractivity contribution < 1.29 is 13.9 Å². The molecule has 1 atom stereocenters. The molecule has 0 aliphatic rings. The van der Waals surface area contributed by atoms with Gasteiger partial charge in [-0.2, -0.15) is 0 Å². The molecule has 15 heavy (non-hydrogen) atoms. The third-order valence-electron chi connectivity index (χ3n) is 2.34. The second-order valence-electron chi connectivity index (χ2n) is 3.85. The number of rotatable bonds is 3. The molecule has 0 saturated heterocycles. The second kappa shape index (κ2) is 4.68. The first-order valence-corrected chi connectivity index (χ1v) is 4.82. The molecule has 0 fully saturated rings. The fourth-order valence-electron chi connectivity index (χ4n) is 1.33. The van der Waals surface area contributed by atoms with Crippen LogP contribution in [0.1, 0.15) is 36.9 Å². The Labute approximate surface area is 87.7 Å². The topological polar surface area (TPSA) is 46.2 Å². The van der Waals surface area contributed by atoms with Crippen LogP contribution in [-0.4, -0.2) is 11.7 Å². The highest BCUT2D eigenvalue weighted by Crippen LogP contribution is 2.24. The second-order valence-corrected chi connectivity index (χ2v) is 3.85. The molecule has 0 radical (unpaired) electrons. The third kappa shape index (κ3) is 2.52. The molecular weight excluding hydrogens is 200 g/mol. The average Bonchev–Trinajstić information content (AvgIpc) is 2.20. The Morgan fingerprint density at radius 3 is 2.40 bits per heavy atom. The van der Waals surface area contributed by atoms with Gasteiger partial charge in [0.15, 0.2) is 11.6 Å². The molecule has 4 heteroatoms. The van der Waals surface area contributed by atoms with E-state index in [-0.39, 0.29) is 11.5 Å². The molecule has 1 unspecified atom stereocenters. The Kier molecular flexibility index (Phi) is 3.77. The van der Waals surface area contributed by atoms with Gasteiger partial charge in [0.2, 0.25) is 0 Å². The van der Waals surface area contributed by atoms with Crippen molar-refractivity contribution in [3.8, 4) is 0 Å². The van der Waals surface area contributed by atoms with Gasteiger partial charge < -0.3 is 10.8 Å². The molecule has 0 amide bonds. The summed E-state index contributed by atoms with van der Waals surface area (Å²) in [6.45, 7) is 3.35. The van der Waals surface area contributed by atoms with Gasteiger partial charge >= 0.3 is 0 Å². The van der Waals surface area contributed by atoms with E-state index in [0.29, 0.717) is 5.56 Å². The summed E-state index contributed by atoms with van der Waals surface area (Å²) in [7, 11) is 0. The first-order valence-electron chi connectivity index (χ1n) is 4.82. The molecule has 2 nitrogen and oxygen atoms in total. The minimum Gasteiger partial charge on any atom is -0.394 e. The zero-order chi connectivity index (χ0) is 11.6. The van der Waals surface area contributed by atoms with Crippen LogP contribution in [0.3, 0.4) is 0 Å². The van der Waals surface area contributed by atoms with Crippen molar-refractivity contribution in [1.82, 2.24) is 0 Å². The highest BCUT2D eigenvalue weighted by molar-refractivity contribution is 5.30. The summed E-state index contributed by atoms with van der Waals surface area (Å²) in [5, 5.41) is 8.82. The number of hydrogen-bond acceptors (Lipinski definition) is 2. The lowest BCUT2D eigenvalue weighted by atomic mass is 9.97. The standard InChI is InChI=1S/C11H15F2NO/c1-6(2)7-3-8(10(14)5-15)11(13)9(12)4-7/h3-4,6,10,15H,5,14H2,1-2H3. The lowest BCUT2D eigenvalue weighted by Crippen LogP contribution is -2.17. The Morgan fingerprint density at radius 1 is 1.33 bits per heavy atom. The molecule has 3 N–H and O–H groups in total. The summed E-state index contributed by atoms with van der Waals surface area (Å²) in [6, 6.07) is 1.79. The number of halogens is 2. The van der Waals surface area contributed by atoms with Crippen molar-refractivity contribution in [2.75, 3.05) is 6.61 Å². The van der Waals surface area contributed by atoms with E-state index in [1.807, 2.05) is 13.8 Å². The van der Waals surface area contributed by atoms with Crippen LogP contribution in [0.25, 0.3) is 0 Å². The van der Waals surface area contributed by atoms with Crippen molar-refractivity contribution in [1.29, 1.82) is 0 Å². The Balaban J connectivity index is 3.25. The summed E-state index contributed by atoms with van der Waals surface area (Å²) >= 11 is 0. The minimum absolute atomic E-state index is 0.0289. The predicted octanol–water partition coefficient (Wildman–Crippen LogP) is 2.08. The maximum absolute atomic E-state index is 13.3. The lowest BCUT2D eigenvalue weighted by Gasteiger charge is -2.14. The van der Waals surface area contributed by atoms with Crippen LogP contribution in [0.5, 0.6) is 0 Å². The van der Waals surface area contributed by atoms with Crippen molar-refractivity contribution in [3.05, 3.63) is 34.9 Å². The van der Waals surface area contributed by atoms with E-state index >= 15 is 0 Å². The smallest absolute Gasteiger partial charge is 0.163 e. The summed E-state index contributed by atoms with van der Waals surface area (Å²) in [5.41, 5.74) is 6.18. The zero-order valence-corrected chi connectivity index (χ0v) is 8.80. The molecular formula is C11H15F2NO. The first kappa shape index (κ1) is 12.1. The van der Waals surface area contributed by atoms with Gasteiger partial charge in [-0.25, -0.2) is 8.78 Å². The largest absolute Gasteiger partial charge is 0.394 e. The lowest BCUT2D eigenvalue weighted by molar-refractivity contribution is 0.264. The summed E-state index contributed by atoms with van der Waals surface area (Å²) in [6.07, 6.45) is 0. The maximum atomic E-state index is 13.3. The normalized spacial score (nSPS) is 13.3. The molecule has 0 aromatic heterocycles. The van der Waals surface area contributed by atoms with E-state index in [9.17, 15) is 8.78 Å². The molecule has 1 aromatic carbocycles. The highest BCUT2D eigenvalue weighted by atomic mass is 19.2. The predicted molar refractivity (Wildman–Crippen MR) is 54.5 cm³/mol. The van der Waals surface area contributed by atoms with Crippen LogP contribution in [0, 0.1) is 11.6 Å². The molecule has 0 aliphatic heterocycles. The van der Waals surface area contributed by atoms with E-state index in [2.05, 4.69) is 0 Å². The Hall–Kier alpha value is -1.00. The number of nitrogens with two attached hydrogens (primary N) is 1. The van der Waals surface area contributed by atoms with E-state index < -0.39 is 24.3 Å². The van der Waals surface area contributed by atoms with Gasteiger partial charge in [0.05, 0.1) is 12.6 Å². The fraction of sp³-hybridized carbons (Fsp3) is 0.455. The van der Waals surface area contributed by atoms with Gasteiger partial charge in [0.1, 0.15) is 0 Å². The molecule has 1 aromatic rings. The molecule has 0 heterocycles. The highest BCUT2D eigenvalue weighted by Gasteiger charge is 2.16. The Morgan fingerprint density at radius 2 is 1.93 bits per heavy atom. The van der Waals surface area contributed by atoms with E-state index in [1.54, 1.807) is 0 Å². The van der Waals surface area contributed by atoms with Crippen LogP contribution in [0.4, 0.5) is 8.78 Å². The van der Waals surface area contributed by atoms with Crippen LogP contribution in [0.15, 0.2) is 12.1 Å². The summed E-state index contributed by atoms with van der Waals surface area (Å²) in [4.78, 5) is 0. The van der Waals surface area contributed by atoms with Crippen LogP contribution >= 0.6 is 0 Å². The van der Waals surface area contributed by atoms with Gasteiger partial charge in [-0.15, -0.1) is 0 Å². The molecule has 0 spiro atoms. The van der Waals surface area contributed by atoms with Crippen molar-refractivity contribution in [3.63, 3.8) is 0 Å². The minimum atomic E-state index is -0.971. The van der Waals surface area contributed by atoms with Crippen molar-refractivity contribution >= 4 is 0 Å². The summed E-state index contributed by atoms with van der Waals surface area (Å²) in [5.74, 6) is -1.80. The van der Waals surface area contributed by atoms with Crippen LogP contribution in [-0.2, 0) is 0 Å². The van der Waals surface area contributed by atoms with Crippen LogP contribution < -0.4 is 5.73 Å². The molecule has 1 rings (SSSR count). The van der Waals surface area contributed by atoms with Gasteiger partial charge in [-0.05, 0) is 17.5 Å².